The van der Waals surface area contributed by atoms with Crippen molar-refractivity contribution >= 4 is 5.97 Å². The summed E-state index contributed by atoms with van der Waals surface area (Å²) in [5.74, 6) is -0.268. The number of methoxy groups -OCH3 is 1. The minimum Gasteiger partial charge on any atom is -0.460 e. The van der Waals surface area contributed by atoms with E-state index in [1.54, 1.807) is 7.11 Å². The third-order valence-corrected chi connectivity index (χ3v) is 3.39. The number of hydrogen-bond acceptors (Lipinski definition) is 3. The summed E-state index contributed by atoms with van der Waals surface area (Å²) in [5, 5.41) is 0. The highest BCUT2D eigenvalue weighted by molar-refractivity contribution is 5.76. The summed E-state index contributed by atoms with van der Waals surface area (Å²) in [6.07, 6.45) is 5.00. The molecular formula is C15H20O3. The largest absolute Gasteiger partial charge is 0.460 e. The van der Waals surface area contributed by atoms with Gasteiger partial charge in [0.25, 0.3) is 0 Å². The summed E-state index contributed by atoms with van der Waals surface area (Å²) < 4.78 is 10.8. The van der Waals surface area contributed by atoms with Crippen LogP contribution in [0.3, 0.4) is 0 Å². The van der Waals surface area contributed by atoms with Crippen LogP contribution in [0.15, 0.2) is 30.3 Å². The van der Waals surface area contributed by atoms with Crippen LogP contribution in [0, 0.1) is 0 Å². The number of benzene rings is 1. The number of rotatable bonds is 4. The van der Waals surface area contributed by atoms with Crippen LogP contribution in [0.2, 0.25) is 0 Å². The van der Waals surface area contributed by atoms with Crippen molar-refractivity contribution in [2.45, 2.75) is 44.3 Å². The van der Waals surface area contributed by atoms with Crippen molar-refractivity contribution in [2.24, 2.45) is 0 Å². The second-order valence-corrected chi connectivity index (χ2v) is 4.72. The Bertz CT molecular complexity index is 369. The third-order valence-electron chi connectivity index (χ3n) is 3.39. The number of ether oxygens (including phenoxy) is 2. The number of esters is 1. The summed E-state index contributed by atoms with van der Waals surface area (Å²) in [6, 6.07) is 9.49. The fraction of sp³-hybridized carbons (Fsp3) is 0.533. The standard InChI is InChI=1S/C15H20O3/c1-17-14(12-8-4-2-5-9-12)15(16)18-13-10-6-3-7-11-13/h2,4-5,8-9,13-14H,3,6-7,10-11H2,1H3. The van der Waals surface area contributed by atoms with Gasteiger partial charge in [-0.25, -0.2) is 4.79 Å². The van der Waals surface area contributed by atoms with Gasteiger partial charge in [-0.1, -0.05) is 36.8 Å². The maximum Gasteiger partial charge on any atom is 0.340 e. The van der Waals surface area contributed by atoms with Gasteiger partial charge < -0.3 is 9.47 Å². The van der Waals surface area contributed by atoms with E-state index in [1.165, 1.54) is 6.42 Å². The van der Waals surface area contributed by atoms with E-state index >= 15 is 0 Å². The molecular weight excluding hydrogens is 228 g/mol. The maximum atomic E-state index is 12.1. The van der Waals surface area contributed by atoms with Crippen LogP contribution < -0.4 is 0 Å². The van der Waals surface area contributed by atoms with Gasteiger partial charge in [-0.2, -0.15) is 0 Å². The van der Waals surface area contributed by atoms with Crippen molar-refractivity contribution in [3.63, 3.8) is 0 Å². The molecule has 0 saturated heterocycles. The smallest absolute Gasteiger partial charge is 0.340 e. The molecule has 0 bridgehead atoms. The Kier molecular flexibility index (Phi) is 4.76. The number of carbonyl (C=O) groups is 1. The second kappa shape index (κ2) is 6.55. The van der Waals surface area contributed by atoms with Crippen molar-refractivity contribution in [1.82, 2.24) is 0 Å². The molecule has 2 rings (SSSR count). The molecule has 0 aromatic heterocycles. The molecule has 1 unspecified atom stereocenters. The molecule has 1 aliphatic rings. The van der Waals surface area contributed by atoms with Crippen LogP contribution in [0.1, 0.15) is 43.8 Å². The zero-order valence-corrected chi connectivity index (χ0v) is 10.8. The lowest BCUT2D eigenvalue weighted by atomic mass is 9.98. The van der Waals surface area contributed by atoms with E-state index in [4.69, 9.17) is 9.47 Å². The quantitative estimate of drug-likeness (QED) is 0.767. The summed E-state index contributed by atoms with van der Waals surface area (Å²) in [7, 11) is 1.54. The Balaban J connectivity index is 1.97. The first-order valence-corrected chi connectivity index (χ1v) is 6.59. The van der Waals surface area contributed by atoms with Crippen molar-refractivity contribution in [3.05, 3.63) is 35.9 Å². The lowest BCUT2D eigenvalue weighted by Crippen LogP contribution is -2.25. The van der Waals surface area contributed by atoms with Crippen LogP contribution in [-0.2, 0) is 14.3 Å². The topological polar surface area (TPSA) is 35.5 Å². The van der Waals surface area contributed by atoms with Crippen LogP contribution in [0.4, 0.5) is 0 Å². The van der Waals surface area contributed by atoms with E-state index in [9.17, 15) is 4.79 Å². The lowest BCUT2D eigenvalue weighted by Gasteiger charge is -2.24. The lowest BCUT2D eigenvalue weighted by molar-refractivity contribution is -0.162. The Hall–Kier alpha value is -1.35. The molecule has 1 fully saturated rings. The maximum absolute atomic E-state index is 12.1. The SMILES string of the molecule is COC(C(=O)OC1CCCCC1)c1ccccc1. The third kappa shape index (κ3) is 3.33. The Morgan fingerprint density at radius 3 is 2.44 bits per heavy atom. The molecule has 0 aliphatic heterocycles. The number of hydrogen-bond donors (Lipinski definition) is 0. The highest BCUT2D eigenvalue weighted by atomic mass is 16.6. The molecule has 0 N–H and O–H groups in total. The molecule has 1 aromatic carbocycles. The monoisotopic (exact) mass is 248 g/mol. The van der Waals surface area contributed by atoms with Crippen LogP contribution in [-0.4, -0.2) is 19.2 Å². The normalized spacial score (nSPS) is 18.3. The van der Waals surface area contributed by atoms with E-state index in [2.05, 4.69) is 0 Å². The molecule has 0 radical (unpaired) electrons. The van der Waals surface area contributed by atoms with Crippen molar-refractivity contribution < 1.29 is 14.3 Å². The highest BCUT2D eigenvalue weighted by Gasteiger charge is 2.25. The van der Waals surface area contributed by atoms with Gasteiger partial charge in [0.05, 0.1) is 0 Å². The highest BCUT2D eigenvalue weighted by Crippen LogP contribution is 2.24. The molecule has 1 atom stereocenters. The Labute approximate surface area is 108 Å². The van der Waals surface area contributed by atoms with E-state index in [-0.39, 0.29) is 12.1 Å². The number of carbonyl (C=O) groups excluding carboxylic acids is 1. The van der Waals surface area contributed by atoms with Gasteiger partial charge >= 0.3 is 5.97 Å². The van der Waals surface area contributed by atoms with E-state index in [1.807, 2.05) is 30.3 Å². The van der Waals surface area contributed by atoms with Crippen LogP contribution >= 0.6 is 0 Å². The van der Waals surface area contributed by atoms with E-state index in [0.29, 0.717) is 0 Å². The van der Waals surface area contributed by atoms with Gasteiger partial charge in [-0.3, -0.25) is 0 Å². The fourth-order valence-corrected chi connectivity index (χ4v) is 2.41. The predicted molar refractivity (Wildman–Crippen MR) is 69.2 cm³/mol. The van der Waals surface area contributed by atoms with Crippen LogP contribution in [0.5, 0.6) is 0 Å². The summed E-state index contributed by atoms with van der Waals surface area (Å²) in [6.45, 7) is 0. The van der Waals surface area contributed by atoms with Crippen molar-refractivity contribution in [1.29, 1.82) is 0 Å². The minimum absolute atomic E-state index is 0.0765. The Morgan fingerprint density at radius 2 is 1.83 bits per heavy atom. The summed E-state index contributed by atoms with van der Waals surface area (Å²) in [4.78, 5) is 12.1. The first kappa shape index (κ1) is 13.1. The summed E-state index contributed by atoms with van der Waals surface area (Å²) >= 11 is 0. The second-order valence-electron chi connectivity index (χ2n) is 4.72. The fourth-order valence-electron chi connectivity index (χ4n) is 2.41. The predicted octanol–water partition coefficient (Wildman–Crippen LogP) is 3.25. The average molecular weight is 248 g/mol. The molecule has 0 heterocycles. The first-order chi connectivity index (χ1) is 8.81. The van der Waals surface area contributed by atoms with Crippen molar-refractivity contribution in [3.8, 4) is 0 Å². The zero-order valence-electron chi connectivity index (χ0n) is 10.8. The summed E-state index contributed by atoms with van der Waals surface area (Å²) in [5.41, 5.74) is 0.848. The molecule has 18 heavy (non-hydrogen) atoms. The van der Waals surface area contributed by atoms with Gasteiger partial charge in [0.15, 0.2) is 6.10 Å². The Morgan fingerprint density at radius 1 is 1.17 bits per heavy atom. The molecule has 1 aliphatic carbocycles. The van der Waals surface area contributed by atoms with E-state index < -0.39 is 6.10 Å². The van der Waals surface area contributed by atoms with Crippen LogP contribution in [0.25, 0.3) is 0 Å². The first-order valence-electron chi connectivity index (χ1n) is 6.59. The van der Waals surface area contributed by atoms with Gasteiger partial charge in [-0.05, 0) is 31.2 Å². The van der Waals surface area contributed by atoms with Gasteiger partial charge in [0.2, 0.25) is 0 Å². The van der Waals surface area contributed by atoms with E-state index in [0.717, 1.165) is 31.2 Å². The molecule has 0 spiro atoms. The van der Waals surface area contributed by atoms with Gasteiger partial charge in [0, 0.05) is 7.11 Å². The zero-order chi connectivity index (χ0) is 12.8. The molecule has 0 amide bonds. The average Bonchev–Trinajstić information content (AvgIpc) is 2.42. The molecule has 3 heteroatoms. The molecule has 1 aromatic rings. The molecule has 1 saturated carbocycles. The molecule has 3 nitrogen and oxygen atoms in total. The minimum atomic E-state index is -0.604. The van der Waals surface area contributed by atoms with Gasteiger partial charge in [0.1, 0.15) is 6.10 Å². The van der Waals surface area contributed by atoms with Gasteiger partial charge in [-0.15, -0.1) is 0 Å². The molecule has 98 valence electrons. The van der Waals surface area contributed by atoms with Crippen molar-refractivity contribution in [2.75, 3.05) is 7.11 Å².